The van der Waals surface area contributed by atoms with Gasteiger partial charge in [-0.15, -0.1) is 10.2 Å². The average molecular weight is 480 g/mol. The summed E-state index contributed by atoms with van der Waals surface area (Å²) in [6, 6.07) is 15.0. The molecule has 1 aromatic carbocycles. The Balaban J connectivity index is 1.32. The molecule has 0 spiro atoms. The maximum atomic E-state index is 13.4. The molecule has 0 fully saturated rings. The molecule has 1 amide bonds. The Morgan fingerprint density at radius 1 is 1.08 bits per heavy atom. The van der Waals surface area contributed by atoms with Crippen LogP contribution in [0, 0.1) is 0 Å². The number of aromatic carboxylic acids is 1. The third-order valence-corrected chi connectivity index (χ3v) is 6.36. The third kappa shape index (κ3) is 3.42. The lowest BCUT2D eigenvalue weighted by atomic mass is 10.0. The van der Waals surface area contributed by atoms with E-state index in [1.807, 2.05) is 60.9 Å². The molecule has 10 nitrogen and oxygen atoms in total. The normalized spacial score (nSPS) is 13.1. The van der Waals surface area contributed by atoms with E-state index >= 15 is 0 Å². The fraction of sp³-hybridized carbons (Fsp3) is 0.154. The molecule has 0 radical (unpaired) electrons. The lowest BCUT2D eigenvalue weighted by Gasteiger charge is -2.16. The minimum Gasteiger partial charge on any atom is -0.478 e. The number of benzene rings is 1. The van der Waals surface area contributed by atoms with Gasteiger partial charge in [-0.3, -0.25) is 9.69 Å². The van der Waals surface area contributed by atoms with E-state index < -0.39 is 5.97 Å². The molecule has 1 aliphatic heterocycles. The summed E-state index contributed by atoms with van der Waals surface area (Å²) in [4.78, 5) is 31.2. The van der Waals surface area contributed by atoms with Gasteiger partial charge in [0.25, 0.3) is 5.91 Å². The van der Waals surface area contributed by atoms with Gasteiger partial charge in [0, 0.05) is 23.4 Å². The number of rotatable bonds is 5. The van der Waals surface area contributed by atoms with Crippen molar-refractivity contribution >= 4 is 23.2 Å². The first-order valence-electron chi connectivity index (χ1n) is 11.4. The quantitative estimate of drug-likeness (QED) is 0.403. The third-order valence-electron chi connectivity index (χ3n) is 6.36. The van der Waals surface area contributed by atoms with Crippen molar-refractivity contribution in [3.05, 3.63) is 83.9 Å². The van der Waals surface area contributed by atoms with Crippen LogP contribution in [-0.2, 0) is 6.54 Å². The molecule has 36 heavy (non-hydrogen) atoms. The van der Waals surface area contributed by atoms with Crippen LogP contribution in [0.3, 0.4) is 0 Å². The van der Waals surface area contributed by atoms with Crippen LogP contribution in [-0.4, -0.2) is 46.3 Å². The number of carbonyl (C=O) groups excluding carboxylic acids is 1. The number of amides is 1. The highest BCUT2D eigenvalue weighted by Crippen LogP contribution is 2.32. The Bertz CT molecular complexity index is 1670. The first-order valence-corrected chi connectivity index (χ1v) is 11.4. The van der Waals surface area contributed by atoms with Crippen LogP contribution in [0.1, 0.15) is 46.2 Å². The van der Waals surface area contributed by atoms with E-state index in [2.05, 4.69) is 15.3 Å². The molecule has 178 valence electrons. The Labute approximate surface area is 205 Å². The number of anilines is 1. The van der Waals surface area contributed by atoms with Gasteiger partial charge >= 0.3 is 5.97 Å². The summed E-state index contributed by atoms with van der Waals surface area (Å²) >= 11 is 0. The van der Waals surface area contributed by atoms with Gasteiger partial charge in [-0.05, 0) is 49.2 Å². The van der Waals surface area contributed by atoms with Gasteiger partial charge in [-0.2, -0.15) is 5.10 Å². The van der Waals surface area contributed by atoms with Crippen LogP contribution >= 0.6 is 0 Å². The Hall–Kier alpha value is -4.86. The van der Waals surface area contributed by atoms with Gasteiger partial charge in [-0.1, -0.05) is 24.3 Å². The molecule has 0 atom stereocenters. The molecule has 0 bridgehead atoms. The summed E-state index contributed by atoms with van der Waals surface area (Å²) in [7, 11) is 0. The minimum atomic E-state index is -1.02. The molecule has 10 heteroatoms. The fourth-order valence-corrected chi connectivity index (χ4v) is 4.49. The highest BCUT2D eigenvalue weighted by molar-refractivity contribution is 6.10. The van der Waals surface area contributed by atoms with Crippen LogP contribution in [0.15, 0.2) is 67.3 Å². The highest BCUT2D eigenvalue weighted by Gasteiger charge is 2.30. The molecular formula is C26H21N7O3. The van der Waals surface area contributed by atoms with E-state index in [9.17, 15) is 14.7 Å². The van der Waals surface area contributed by atoms with Crippen LogP contribution < -0.4 is 4.90 Å². The molecule has 0 saturated heterocycles. The lowest BCUT2D eigenvalue weighted by molar-refractivity contribution is 0.0698. The zero-order valence-corrected chi connectivity index (χ0v) is 19.5. The SMILES string of the molecule is CC(C)n1cnnc1-c1cccc(N2Cc3ccc(-c4ccc5c(C(=O)O)cnn5c4)cc3C2=O)n1. The summed E-state index contributed by atoms with van der Waals surface area (Å²) in [5, 5.41) is 21.7. The van der Waals surface area contributed by atoms with E-state index in [0.29, 0.717) is 35.0 Å². The van der Waals surface area contributed by atoms with Crippen LogP contribution in [0.4, 0.5) is 5.82 Å². The minimum absolute atomic E-state index is 0.129. The summed E-state index contributed by atoms with van der Waals surface area (Å²) in [5.74, 6) is 0.0457. The summed E-state index contributed by atoms with van der Waals surface area (Å²) in [6.07, 6.45) is 4.77. The number of hydrogen-bond acceptors (Lipinski definition) is 6. The number of hydrogen-bond donors (Lipinski definition) is 1. The number of fused-ring (bicyclic) bond motifs is 2. The topological polar surface area (TPSA) is 119 Å². The molecule has 5 aromatic rings. The predicted octanol–water partition coefficient (Wildman–Crippen LogP) is 4.09. The van der Waals surface area contributed by atoms with Crippen molar-refractivity contribution in [3.63, 3.8) is 0 Å². The molecule has 0 unspecified atom stereocenters. The van der Waals surface area contributed by atoms with E-state index in [1.165, 1.54) is 10.7 Å². The number of pyridine rings is 2. The van der Waals surface area contributed by atoms with Gasteiger partial charge in [0.15, 0.2) is 5.82 Å². The maximum absolute atomic E-state index is 13.4. The van der Waals surface area contributed by atoms with Gasteiger partial charge in [-0.25, -0.2) is 14.3 Å². The first kappa shape index (κ1) is 21.7. The Kier molecular flexibility index (Phi) is 4.89. The average Bonchev–Trinajstić information content (AvgIpc) is 3.61. The monoisotopic (exact) mass is 479 g/mol. The van der Waals surface area contributed by atoms with Crippen molar-refractivity contribution < 1.29 is 14.7 Å². The van der Waals surface area contributed by atoms with Crippen molar-refractivity contribution in [3.8, 4) is 22.6 Å². The standard InChI is InChI=1S/C26H21N7O3/c1-15(2)32-14-27-30-24(32)21-4-3-5-23(29-21)31-12-18-7-6-16(10-19(18)25(31)34)17-8-9-22-20(26(35)36)11-28-33(22)13-17/h3-11,13-15H,12H2,1-2H3,(H,35,36). The summed E-state index contributed by atoms with van der Waals surface area (Å²) in [6.45, 7) is 4.51. The number of nitrogens with zero attached hydrogens (tertiary/aromatic N) is 7. The van der Waals surface area contributed by atoms with Gasteiger partial charge in [0.1, 0.15) is 23.4 Å². The Morgan fingerprint density at radius 3 is 2.72 bits per heavy atom. The molecule has 0 saturated carbocycles. The summed E-state index contributed by atoms with van der Waals surface area (Å²) < 4.78 is 3.47. The second-order valence-corrected chi connectivity index (χ2v) is 8.91. The highest BCUT2D eigenvalue weighted by atomic mass is 16.4. The molecular weight excluding hydrogens is 458 g/mol. The van der Waals surface area contributed by atoms with Crippen LogP contribution in [0.5, 0.6) is 0 Å². The van der Waals surface area contributed by atoms with Gasteiger partial charge < -0.3 is 9.67 Å². The van der Waals surface area contributed by atoms with E-state index in [0.717, 1.165) is 16.7 Å². The van der Waals surface area contributed by atoms with Crippen molar-refractivity contribution in [2.24, 2.45) is 0 Å². The summed E-state index contributed by atoms with van der Waals surface area (Å²) in [5.41, 5.74) is 4.48. The number of carboxylic acid groups (broad SMARTS) is 1. The lowest BCUT2D eigenvalue weighted by Crippen LogP contribution is -2.24. The molecule has 0 aliphatic carbocycles. The van der Waals surface area contributed by atoms with Crippen molar-refractivity contribution in [1.29, 1.82) is 0 Å². The molecule has 4 aromatic heterocycles. The maximum Gasteiger partial charge on any atom is 0.339 e. The largest absolute Gasteiger partial charge is 0.478 e. The number of aromatic nitrogens is 6. The Morgan fingerprint density at radius 2 is 1.92 bits per heavy atom. The molecule has 1 aliphatic rings. The predicted molar refractivity (Wildman–Crippen MR) is 132 cm³/mol. The molecule has 6 rings (SSSR count). The molecule has 1 N–H and O–H groups in total. The zero-order chi connectivity index (χ0) is 25.0. The number of carboxylic acids is 1. The smallest absolute Gasteiger partial charge is 0.339 e. The van der Waals surface area contributed by atoms with E-state index in [1.54, 1.807) is 23.5 Å². The zero-order valence-electron chi connectivity index (χ0n) is 19.5. The first-order chi connectivity index (χ1) is 17.4. The number of carbonyl (C=O) groups is 2. The van der Waals surface area contributed by atoms with E-state index in [-0.39, 0.29) is 17.5 Å². The van der Waals surface area contributed by atoms with Gasteiger partial charge in [0.2, 0.25) is 0 Å². The van der Waals surface area contributed by atoms with Crippen molar-refractivity contribution in [2.45, 2.75) is 26.4 Å². The second kappa shape index (κ2) is 8.12. The molecule has 5 heterocycles. The van der Waals surface area contributed by atoms with E-state index in [4.69, 9.17) is 4.98 Å². The van der Waals surface area contributed by atoms with Crippen LogP contribution in [0.25, 0.3) is 28.2 Å². The van der Waals surface area contributed by atoms with Crippen molar-refractivity contribution in [1.82, 2.24) is 29.4 Å². The van der Waals surface area contributed by atoms with Gasteiger partial charge in [0.05, 0.1) is 18.3 Å². The fourth-order valence-electron chi connectivity index (χ4n) is 4.49. The van der Waals surface area contributed by atoms with Crippen LogP contribution in [0.2, 0.25) is 0 Å². The van der Waals surface area contributed by atoms with Crippen molar-refractivity contribution in [2.75, 3.05) is 4.90 Å². The second-order valence-electron chi connectivity index (χ2n) is 8.91.